The van der Waals surface area contributed by atoms with Crippen LogP contribution in [0.1, 0.15) is 25.7 Å². The van der Waals surface area contributed by atoms with Gasteiger partial charge in [-0.05, 0) is 31.7 Å². The summed E-state index contributed by atoms with van der Waals surface area (Å²) < 4.78 is 26.5. The van der Waals surface area contributed by atoms with Gasteiger partial charge in [-0.25, -0.2) is 8.42 Å². The first-order valence-electron chi connectivity index (χ1n) is 6.47. The van der Waals surface area contributed by atoms with Crippen LogP contribution in [0.2, 0.25) is 5.02 Å². The number of aromatic nitrogens is 1. The molecule has 2 heterocycles. The fraction of sp³-hybridized carbons (Fsp3) is 0.583. The lowest BCUT2D eigenvalue weighted by Gasteiger charge is -2.23. The second-order valence-electron chi connectivity index (χ2n) is 4.79. The molecule has 1 aromatic rings. The van der Waals surface area contributed by atoms with Crippen LogP contribution in [-0.2, 0) is 10.0 Å². The van der Waals surface area contributed by atoms with E-state index in [1.165, 1.54) is 16.6 Å². The van der Waals surface area contributed by atoms with Crippen LogP contribution >= 0.6 is 11.6 Å². The van der Waals surface area contributed by atoms with E-state index in [-0.39, 0.29) is 22.6 Å². The molecule has 1 atom stereocenters. The summed E-state index contributed by atoms with van der Waals surface area (Å²) in [6.45, 7) is 0.504. The van der Waals surface area contributed by atoms with Crippen molar-refractivity contribution in [3.63, 3.8) is 0 Å². The van der Waals surface area contributed by atoms with Gasteiger partial charge in [-0.15, -0.1) is 0 Å². The molecular weight excluding hydrogens is 304 g/mol. The number of pyridine rings is 1. The second-order valence-corrected chi connectivity index (χ2v) is 7.09. The van der Waals surface area contributed by atoms with Crippen molar-refractivity contribution in [2.45, 2.75) is 36.6 Å². The minimum atomic E-state index is -3.66. The monoisotopic (exact) mass is 320 g/mol. The standard InChI is InChI=1S/C12H17ClN2O4S/c13-11-7-10(8-14-12(11)17)20(18,19)15-5-1-3-9(15)4-2-6-16/h7-9,16H,1-6H2,(H,14,17). The molecule has 0 aromatic carbocycles. The number of rotatable bonds is 5. The maximum atomic E-state index is 12.6. The molecule has 8 heteroatoms. The highest BCUT2D eigenvalue weighted by Crippen LogP contribution is 2.28. The number of hydrogen-bond donors (Lipinski definition) is 2. The van der Waals surface area contributed by atoms with Gasteiger partial charge in [0.2, 0.25) is 10.0 Å². The van der Waals surface area contributed by atoms with Gasteiger partial charge in [-0.3, -0.25) is 4.79 Å². The van der Waals surface area contributed by atoms with Gasteiger partial charge in [0, 0.05) is 25.4 Å². The molecule has 1 aliphatic heterocycles. The van der Waals surface area contributed by atoms with Gasteiger partial charge in [0.25, 0.3) is 5.56 Å². The minimum Gasteiger partial charge on any atom is -0.396 e. The Morgan fingerprint density at radius 2 is 2.25 bits per heavy atom. The molecule has 20 heavy (non-hydrogen) atoms. The van der Waals surface area contributed by atoms with Gasteiger partial charge >= 0.3 is 0 Å². The van der Waals surface area contributed by atoms with Gasteiger partial charge in [-0.2, -0.15) is 4.31 Å². The summed E-state index contributed by atoms with van der Waals surface area (Å²) in [6.07, 6.45) is 3.96. The molecule has 1 aromatic heterocycles. The largest absolute Gasteiger partial charge is 0.396 e. The predicted octanol–water partition coefficient (Wildman–Crippen LogP) is 0.954. The third kappa shape index (κ3) is 3.06. The summed E-state index contributed by atoms with van der Waals surface area (Å²) >= 11 is 5.69. The number of halogens is 1. The summed E-state index contributed by atoms with van der Waals surface area (Å²) in [4.78, 5) is 13.5. The van der Waals surface area contributed by atoms with Gasteiger partial charge < -0.3 is 10.1 Å². The van der Waals surface area contributed by atoms with Crippen LogP contribution in [0.3, 0.4) is 0 Å². The molecule has 0 radical (unpaired) electrons. The molecule has 6 nitrogen and oxygen atoms in total. The molecule has 1 unspecified atom stereocenters. The molecule has 1 saturated heterocycles. The smallest absolute Gasteiger partial charge is 0.266 e. The van der Waals surface area contributed by atoms with Crippen molar-refractivity contribution < 1.29 is 13.5 Å². The molecular formula is C12H17ClN2O4S. The SMILES string of the molecule is O=c1[nH]cc(S(=O)(=O)N2CCCC2CCCO)cc1Cl. The number of sulfonamides is 1. The Balaban J connectivity index is 2.29. The number of aliphatic hydroxyl groups excluding tert-OH is 1. The van der Waals surface area contributed by atoms with Crippen molar-refractivity contribution in [3.8, 4) is 0 Å². The van der Waals surface area contributed by atoms with Gasteiger partial charge in [0.1, 0.15) is 5.02 Å². The predicted molar refractivity (Wildman–Crippen MR) is 75.3 cm³/mol. The minimum absolute atomic E-state index is 0.00185. The Bertz CT molecular complexity index is 629. The van der Waals surface area contributed by atoms with Crippen LogP contribution in [0.5, 0.6) is 0 Å². The first kappa shape index (κ1) is 15.5. The van der Waals surface area contributed by atoms with E-state index < -0.39 is 15.6 Å². The Morgan fingerprint density at radius 1 is 1.50 bits per heavy atom. The maximum absolute atomic E-state index is 12.6. The molecule has 2 N–H and O–H groups in total. The van der Waals surface area contributed by atoms with E-state index in [0.717, 1.165) is 12.8 Å². The zero-order chi connectivity index (χ0) is 14.8. The second kappa shape index (κ2) is 6.26. The van der Waals surface area contributed by atoms with Crippen LogP contribution in [0, 0.1) is 0 Å². The number of hydrogen-bond acceptors (Lipinski definition) is 4. The summed E-state index contributed by atoms with van der Waals surface area (Å²) in [5.41, 5.74) is -0.510. The van der Waals surface area contributed by atoms with E-state index in [1.807, 2.05) is 0 Å². The number of aromatic amines is 1. The van der Waals surface area contributed by atoms with E-state index in [9.17, 15) is 13.2 Å². The highest BCUT2D eigenvalue weighted by atomic mass is 35.5. The maximum Gasteiger partial charge on any atom is 0.266 e. The number of nitrogens with one attached hydrogen (secondary N) is 1. The summed E-state index contributed by atoms with van der Waals surface area (Å²) in [5.74, 6) is 0. The third-order valence-electron chi connectivity index (χ3n) is 3.46. The van der Waals surface area contributed by atoms with Crippen molar-refractivity contribution in [3.05, 3.63) is 27.6 Å². The molecule has 0 aliphatic carbocycles. The first-order valence-corrected chi connectivity index (χ1v) is 8.29. The molecule has 2 rings (SSSR count). The van der Waals surface area contributed by atoms with E-state index in [4.69, 9.17) is 16.7 Å². The first-order chi connectivity index (χ1) is 9.46. The number of aliphatic hydroxyl groups is 1. The van der Waals surface area contributed by atoms with Crippen molar-refractivity contribution in [2.24, 2.45) is 0 Å². The topological polar surface area (TPSA) is 90.5 Å². The van der Waals surface area contributed by atoms with Crippen LogP contribution in [0.4, 0.5) is 0 Å². The lowest BCUT2D eigenvalue weighted by molar-refractivity contribution is 0.264. The van der Waals surface area contributed by atoms with E-state index >= 15 is 0 Å². The quantitative estimate of drug-likeness (QED) is 0.845. The van der Waals surface area contributed by atoms with Crippen molar-refractivity contribution in [1.82, 2.24) is 9.29 Å². The lowest BCUT2D eigenvalue weighted by atomic mass is 10.1. The highest BCUT2D eigenvalue weighted by Gasteiger charge is 2.35. The van der Waals surface area contributed by atoms with Gasteiger partial charge in [0.05, 0.1) is 4.90 Å². The van der Waals surface area contributed by atoms with Crippen LogP contribution in [0.15, 0.2) is 22.0 Å². The van der Waals surface area contributed by atoms with Gasteiger partial charge in [0.15, 0.2) is 0 Å². The summed E-state index contributed by atoms with van der Waals surface area (Å²) in [5, 5.41) is 8.73. The zero-order valence-corrected chi connectivity index (χ0v) is 12.5. The number of nitrogens with zero attached hydrogens (tertiary/aromatic N) is 1. The lowest BCUT2D eigenvalue weighted by Crippen LogP contribution is -2.36. The average Bonchev–Trinajstić information content (AvgIpc) is 2.88. The molecule has 1 aliphatic rings. The van der Waals surface area contributed by atoms with Crippen molar-refractivity contribution >= 4 is 21.6 Å². The molecule has 0 saturated carbocycles. The van der Waals surface area contributed by atoms with E-state index in [1.54, 1.807) is 0 Å². The average molecular weight is 321 g/mol. The van der Waals surface area contributed by atoms with Gasteiger partial charge in [-0.1, -0.05) is 11.6 Å². The Kier molecular flexibility index (Phi) is 4.85. The van der Waals surface area contributed by atoms with Crippen LogP contribution in [0.25, 0.3) is 0 Å². The van der Waals surface area contributed by atoms with Crippen LogP contribution < -0.4 is 5.56 Å². The highest BCUT2D eigenvalue weighted by molar-refractivity contribution is 7.89. The Labute approximate surface area is 122 Å². The molecule has 0 spiro atoms. The fourth-order valence-electron chi connectivity index (χ4n) is 2.46. The molecule has 1 fully saturated rings. The van der Waals surface area contributed by atoms with Crippen molar-refractivity contribution in [2.75, 3.05) is 13.2 Å². The molecule has 0 bridgehead atoms. The number of H-pyrrole nitrogens is 1. The zero-order valence-electron chi connectivity index (χ0n) is 10.9. The van der Waals surface area contributed by atoms with E-state index in [0.29, 0.717) is 19.4 Å². The summed E-state index contributed by atoms with van der Waals surface area (Å²) in [6, 6.07) is 1.08. The third-order valence-corrected chi connectivity index (χ3v) is 5.67. The molecule has 112 valence electrons. The van der Waals surface area contributed by atoms with Crippen molar-refractivity contribution in [1.29, 1.82) is 0 Å². The normalized spacial score (nSPS) is 20.4. The Hall–Kier alpha value is -0.890. The van der Waals surface area contributed by atoms with E-state index in [2.05, 4.69) is 4.98 Å². The molecule has 0 amide bonds. The Morgan fingerprint density at radius 3 is 2.90 bits per heavy atom. The fourth-order valence-corrected chi connectivity index (χ4v) is 4.42. The summed E-state index contributed by atoms with van der Waals surface area (Å²) in [7, 11) is -3.66. The van der Waals surface area contributed by atoms with Crippen LogP contribution in [-0.4, -0.2) is 42.0 Å².